The zero-order chi connectivity index (χ0) is 11.9. The molecule has 90 valence electrons. The molecule has 0 aromatic rings. The van der Waals surface area contributed by atoms with Crippen LogP contribution in [0.5, 0.6) is 0 Å². The minimum Gasteiger partial charge on any atom is -0.335 e. The molecule has 2 heterocycles. The normalized spacial score (nSPS) is 23.9. The Balaban J connectivity index is 1.88. The van der Waals surface area contributed by atoms with Crippen LogP contribution in [0.25, 0.3) is 0 Å². The number of hydrogen-bond acceptors (Lipinski definition) is 2. The van der Waals surface area contributed by atoms with Gasteiger partial charge >= 0.3 is 0 Å². The Bertz CT molecular complexity index is 321. The van der Waals surface area contributed by atoms with Crippen LogP contribution in [-0.4, -0.2) is 47.9 Å². The van der Waals surface area contributed by atoms with E-state index < -0.39 is 11.7 Å². The fourth-order valence-electron chi connectivity index (χ4n) is 2.75. The summed E-state index contributed by atoms with van der Waals surface area (Å²) in [5.74, 6) is -1.37. The maximum Gasteiger partial charge on any atom is 0.282 e. The molecule has 0 saturated carbocycles. The number of halogens is 1. The van der Waals surface area contributed by atoms with Gasteiger partial charge in [0.2, 0.25) is 0 Å². The van der Waals surface area contributed by atoms with Gasteiger partial charge in [0.05, 0.1) is 0 Å². The van der Waals surface area contributed by atoms with Crippen LogP contribution in [0.1, 0.15) is 20.3 Å². The third kappa shape index (κ3) is 1.86. The van der Waals surface area contributed by atoms with Crippen LogP contribution in [0, 0.1) is 5.41 Å². The average Bonchev–Trinajstić information content (AvgIpc) is 2.58. The third-order valence-corrected chi connectivity index (χ3v) is 3.77. The van der Waals surface area contributed by atoms with Gasteiger partial charge in [0, 0.05) is 31.1 Å². The molecule has 0 unspecified atom stereocenters. The van der Waals surface area contributed by atoms with E-state index in [-0.39, 0.29) is 5.41 Å². The summed E-state index contributed by atoms with van der Waals surface area (Å²) in [4.78, 5) is 15.3. The third-order valence-electron chi connectivity index (χ3n) is 3.77. The number of amides is 1. The zero-order valence-electron chi connectivity index (χ0n) is 10.0. The van der Waals surface area contributed by atoms with Crippen molar-refractivity contribution in [3.05, 3.63) is 12.4 Å². The van der Waals surface area contributed by atoms with Crippen molar-refractivity contribution in [2.24, 2.45) is 5.41 Å². The van der Waals surface area contributed by atoms with Crippen molar-refractivity contribution in [3.63, 3.8) is 0 Å². The highest BCUT2D eigenvalue weighted by Gasteiger charge is 2.49. The van der Waals surface area contributed by atoms with Crippen LogP contribution in [0.3, 0.4) is 0 Å². The van der Waals surface area contributed by atoms with Gasteiger partial charge in [-0.05, 0) is 26.8 Å². The summed E-state index contributed by atoms with van der Waals surface area (Å²) >= 11 is 0. The Morgan fingerprint density at radius 2 is 2.00 bits per heavy atom. The molecule has 2 fully saturated rings. The van der Waals surface area contributed by atoms with Gasteiger partial charge < -0.3 is 9.80 Å². The minimum atomic E-state index is -0.839. The van der Waals surface area contributed by atoms with Crippen molar-refractivity contribution in [1.29, 1.82) is 0 Å². The van der Waals surface area contributed by atoms with E-state index >= 15 is 0 Å². The lowest BCUT2D eigenvalue weighted by Crippen LogP contribution is -2.59. The van der Waals surface area contributed by atoms with E-state index in [1.54, 1.807) is 4.90 Å². The summed E-state index contributed by atoms with van der Waals surface area (Å²) in [5, 5.41) is 0. The standard InChI is InChI=1S/C12H19FN2O/c1-9(2)14-5-4-12(6-14)7-15(8-12)11(16)10(3)13/h9H,3-8H2,1-2H3. The molecule has 0 atom stereocenters. The first-order valence-electron chi connectivity index (χ1n) is 5.81. The highest BCUT2D eigenvalue weighted by atomic mass is 19.1. The lowest BCUT2D eigenvalue weighted by molar-refractivity contribution is -0.140. The van der Waals surface area contributed by atoms with E-state index in [4.69, 9.17) is 0 Å². The van der Waals surface area contributed by atoms with E-state index in [0.717, 1.165) is 19.5 Å². The number of rotatable bonds is 2. The Morgan fingerprint density at radius 1 is 1.38 bits per heavy atom. The first-order chi connectivity index (χ1) is 7.43. The van der Waals surface area contributed by atoms with Crippen LogP contribution < -0.4 is 0 Å². The van der Waals surface area contributed by atoms with Crippen molar-refractivity contribution >= 4 is 5.91 Å². The summed E-state index contributed by atoms with van der Waals surface area (Å²) in [6, 6.07) is 0.556. The molecular formula is C12H19FN2O. The second kappa shape index (κ2) is 3.84. The Kier molecular flexibility index (Phi) is 2.78. The molecule has 2 saturated heterocycles. The number of hydrogen-bond donors (Lipinski definition) is 0. The minimum absolute atomic E-state index is 0.232. The van der Waals surface area contributed by atoms with Gasteiger partial charge in [0.1, 0.15) is 0 Å². The van der Waals surface area contributed by atoms with Crippen molar-refractivity contribution < 1.29 is 9.18 Å². The number of carbonyl (C=O) groups is 1. The molecule has 1 amide bonds. The van der Waals surface area contributed by atoms with Crippen LogP contribution in [0.4, 0.5) is 4.39 Å². The molecule has 2 rings (SSSR count). The molecule has 16 heavy (non-hydrogen) atoms. The zero-order valence-corrected chi connectivity index (χ0v) is 10.0. The van der Waals surface area contributed by atoms with E-state index in [0.29, 0.717) is 19.1 Å². The van der Waals surface area contributed by atoms with Gasteiger partial charge in [0.25, 0.3) is 5.91 Å². The molecule has 0 aromatic heterocycles. The summed E-state index contributed by atoms with van der Waals surface area (Å²) in [6.45, 7) is 10.9. The largest absolute Gasteiger partial charge is 0.335 e. The molecule has 1 spiro atoms. The molecule has 3 nitrogen and oxygen atoms in total. The van der Waals surface area contributed by atoms with Gasteiger partial charge in [-0.15, -0.1) is 0 Å². The summed E-state index contributed by atoms with van der Waals surface area (Å²) in [5.41, 5.74) is 0.232. The van der Waals surface area contributed by atoms with Crippen LogP contribution in [-0.2, 0) is 4.79 Å². The lowest BCUT2D eigenvalue weighted by atomic mass is 9.79. The lowest BCUT2D eigenvalue weighted by Gasteiger charge is -2.48. The van der Waals surface area contributed by atoms with E-state index in [1.165, 1.54) is 0 Å². The smallest absolute Gasteiger partial charge is 0.282 e. The van der Waals surface area contributed by atoms with Crippen molar-refractivity contribution in [1.82, 2.24) is 9.80 Å². The molecule has 2 aliphatic heterocycles. The first kappa shape index (κ1) is 11.6. The molecule has 0 radical (unpaired) electrons. The molecule has 0 N–H and O–H groups in total. The van der Waals surface area contributed by atoms with Crippen LogP contribution >= 0.6 is 0 Å². The molecule has 4 heteroatoms. The van der Waals surface area contributed by atoms with Crippen molar-refractivity contribution in [2.45, 2.75) is 26.3 Å². The predicted octanol–water partition coefficient (Wildman–Crippen LogP) is 1.41. The second-order valence-corrected chi connectivity index (χ2v) is 5.38. The average molecular weight is 226 g/mol. The molecular weight excluding hydrogens is 207 g/mol. The maximum absolute atomic E-state index is 12.7. The Labute approximate surface area is 95.9 Å². The van der Waals surface area contributed by atoms with Gasteiger partial charge in [-0.1, -0.05) is 6.58 Å². The van der Waals surface area contributed by atoms with Crippen molar-refractivity contribution in [2.75, 3.05) is 26.2 Å². The predicted molar refractivity (Wildman–Crippen MR) is 60.6 cm³/mol. The SMILES string of the molecule is C=C(F)C(=O)N1CC2(CCN(C(C)C)C2)C1. The van der Waals surface area contributed by atoms with Crippen LogP contribution in [0.15, 0.2) is 12.4 Å². The van der Waals surface area contributed by atoms with Gasteiger partial charge in [-0.25, -0.2) is 4.39 Å². The van der Waals surface area contributed by atoms with E-state index in [9.17, 15) is 9.18 Å². The summed E-state index contributed by atoms with van der Waals surface area (Å²) in [7, 11) is 0. The van der Waals surface area contributed by atoms with Gasteiger partial charge in [-0.2, -0.15) is 0 Å². The van der Waals surface area contributed by atoms with E-state index in [2.05, 4.69) is 25.3 Å². The highest BCUT2D eigenvalue weighted by molar-refractivity contribution is 5.91. The highest BCUT2D eigenvalue weighted by Crippen LogP contribution is 2.40. The maximum atomic E-state index is 12.7. The fraction of sp³-hybridized carbons (Fsp3) is 0.750. The number of nitrogens with zero attached hydrogens (tertiary/aromatic N) is 2. The first-order valence-corrected chi connectivity index (χ1v) is 5.81. The monoisotopic (exact) mass is 226 g/mol. The van der Waals surface area contributed by atoms with Gasteiger partial charge in [0.15, 0.2) is 5.83 Å². The molecule has 0 aliphatic carbocycles. The summed E-state index contributed by atoms with van der Waals surface area (Å²) < 4.78 is 12.7. The quantitative estimate of drug-likeness (QED) is 0.665. The second-order valence-electron chi connectivity index (χ2n) is 5.38. The summed E-state index contributed by atoms with van der Waals surface area (Å²) in [6.07, 6.45) is 1.12. The Hall–Kier alpha value is -0.900. The van der Waals surface area contributed by atoms with E-state index in [1.807, 2.05) is 0 Å². The molecule has 2 aliphatic rings. The topological polar surface area (TPSA) is 23.6 Å². The van der Waals surface area contributed by atoms with Gasteiger partial charge in [-0.3, -0.25) is 4.79 Å². The Morgan fingerprint density at radius 3 is 2.44 bits per heavy atom. The fourth-order valence-corrected chi connectivity index (χ4v) is 2.75. The number of likely N-dealkylation sites (tertiary alicyclic amines) is 2. The molecule has 0 bridgehead atoms. The molecule has 0 aromatic carbocycles. The number of carbonyl (C=O) groups excluding carboxylic acids is 1. The van der Waals surface area contributed by atoms with Crippen molar-refractivity contribution in [3.8, 4) is 0 Å². The van der Waals surface area contributed by atoms with Crippen LogP contribution in [0.2, 0.25) is 0 Å².